The van der Waals surface area contributed by atoms with Crippen LogP contribution in [0.25, 0.3) is 0 Å². The number of ether oxygens (including phenoxy) is 1. The van der Waals surface area contributed by atoms with Gasteiger partial charge in [-0.05, 0) is 29.8 Å². The van der Waals surface area contributed by atoms with E-state index in [0.717, 1.165) is 0 Å². The molecule has 1 atom stereocenters. The molecule has 0 bridgehead atoms. The Morgan fingerprint density at radius 3 is 2.42 bits per heavy atom. The summed E-state index contributed by atoms with van der Waals surface area (Å²) in [6.45, 7) is 0. The van der Waals surface area contributed by atoms with Crippen molar-refractivity contribution in [3.05, 3.63) is 60.2 Å². The number of hydrogen-bond donors (Lipinski definition) is 2. The van der Waals surface area contributed by atoms with Crippen molar-refractivity contribution in [3.8, 4) is 11.5 Å². The van der Waals surface area contributed by atoms with Crippen molar-refractivity contribution >= 4 is 5.97 Å². The molecule has 0 amide bonds. The molecular weight excluding hydrogens is 244 g/mol. The highest BCUT2D eigenvalue weighted by Crippen LogP contribution is 2.22. The molecule has 0 aliphatic heterocycles. The number of aliphatic carboxylic acids is 1. The van der Waals surface area contributed by atoms with Crippen LogP contribution in [0.1, 0.15) is 5.56 Å². The summed E-state index contributed by atoms with van der Waals surface area (Å²) in [5, 5.41) is 18.0. The quantitative estimate of drug-likeness (QED) is 0.864. The van der Waals surface area contributed by atoms with Gasteiger partial charge in [-0.3, -0.25) is 0 Å². The Balaban J connectivity index is 2.09. The number of carbonyl (C=O) groups is 1. The van der Waals surface area contributed by atoms with Crippen molar-refractivity contribution < 1.29 is 19.7 Å². The molecular formula is C15H14O4. The summed E-state index contributed by atoms with van der Waals surface area (Å²) in [6, 6.07) is 16.3. The third kappa shape index (κ3) is 3.82. The van der Waals surface area contributed by atoms with Crippen LogP contribution in [0, 0.1) is 0 Å². The molecule has 0 aliphatic carbocycles. The molecule has 0 heterocycles. The fourth-order valence-corrected chi connectivity index (χ4v) is 1.67. The van der Waals surface area contributed by atoms with Crippen LogP contribution in [0.15, 0.2) is 54.6 Å². The van der Waals surface area contributed by atoms with Crippen molar-refractivity contribution in [2.45, 2.75) is 12.5 Å². The van der Waals surface area contributed by atoms with Gasteiger partial charge in [0.05, 0.1) is 0 Å². The Hall–Kier alpha value is -2.33. The van der Waals surface area contributed by atoms with Crippen molar-refractivity contribution in [2.24, 2.45) is 0 Å². The Labute approximate surface area is 110 Å². The van der Waals surface area contributed by atoms with Crippen LogP contribution in [-0.4, -0.2) is 22.3 Å². The van der Waals surface area contributed by atoms with E-state index in [1.165, 1.54) is 0 Å². The predicted octanol–water partition coefficient (Wildman–Crippen LogP) is 2.47. The van der Waals surface area contributed by atoms with E-state index in [2.05, 4.69) is 0 Å². The summed E-state index contributed by atoms with van der Waals surface area (Å²) in [7, 11) is 0. The first-order valence-corrected chi connectivity index (χ1v) is 5.88. The standard InChI is InChI=1S/C15H14O4/c16-14(15(17)18)10-11-5-4-8-13(9-11)19-12-6-2-1-3-7-12/h1-9,14,16H,10H2,(H,17,18). The third-order valence-electron chi connectivity index (χ3n) is 2.59. The molecule has 0 radical (unpaired) electrons. The number of hydrogen-bond acceptors (Lipinski definition) is 3. The molecule has 2 aromatic carbocycles. The van der Waals surface area contributed by atoms with Gasteiger partial charge in [0.2, 0.25) is 0 Å². The Kier molecular flexibility index (Phi) is 4.15. The van der Waals surface area contributed by atoms with E-state index >= 15 is 0 Å². The SMILES string of the molecule is O=C(O)C(O)Cc1cccc(Oc2ccccc2)c1. The van der Waals surface area contributed by atoms with Crippen LogP contribution >= 0.6 is 0 Å². The Bertz CT molecular complexity index is 551. The highest BCUT2D eigenvalue weighted by Gasteiger charge is 2.13. The van der Waals surface area contributed by atoms with Gasteiger partial charge in [-0.2, -0.15) is 0 Å². The average molecular weight is 258 g/mol. The van der Waals surface area contributed by atoms with E-state index in [1.807, 2.05) is 30.3 Å². The smallest absolute Gasteiger partial charge is 0.332 e. The maximum absolute atomic E-state index is 10.6. The van der Waals surface area contributed by atoms with Crippen LogP contribution in [0.2, 0.25) is 0 Å². The number of carboxylic acids is 1. The topological polar surface area (TPSA) is 66.8 Å². The highest BCUT2D eigenvalue weighted by atomic mass is 16.5. The molecule has 4 nitrogen and oxygen atoms in total. The van der Waals surface area contributed by atoms with Crippen LogP contribution in [-0.2, 0) is 11.2 Å². The van der Waals surface area contributed by atoms with Crippen LogP contribution < -0.4 is 4.74 Å². The third-order valence-corrected chi connectivity index (χ3v) is 2.59. The van der Waals surface area contributed by atoms with E-state index < -0.39 is 12.1 Å². The van der Waals surface area contributed by atoms with Crippen molar-refractivity contribution in [1.82, 2.24) is 0 Å². The minimum atomic E-state index is -1.40. The maximum atomic E-state index is 10.6. The minimum absolute atomic E-state index is 0.0569. The second-order valence-corrected chi connectivity index (χ2v) is 4.12. The fourth-order valence-electron chi connectivity index (χ4n) is 1.67. The number of aliphatic hydroxyl groups is 1. The maximum Gasteiger partial charge on any atom is 0.332 e. The molecule has 19 heavy (non-hydrogen) atoms. The first kappa shape index (κ1) is 13.1. The molecule has 2 rings (SSSR count). The van der Waals surface area contributed by atoms with E-state index in [0.29, 0.717) is 17.1 Å². The molecule has 2 aromatic rings. The summed E-state index contributed by atoms with van der Waals surface area (Å²) >= 11 is 0. The van der Waals surface area contributed by atoms with Gasteiger partial charge in [0.1, 0.15) is 11.5 Å². The number of para-hydroxylation sites is 1. The van der Waals surface area contributed by atoms with Gasteiger partial charge >= 0.3 is 5.97 Å². The van der Waals surface area contributed by atoms with Crippen molar-refractivity contribution in [1.29, 1.82) is 0 Å². The van der Waals surface area contributed by atoms with Gasteiger partial charge in [0, 0.05) is 6.42 Å². The summed E-state index contributed by atoms with van der Waals surface area (Å²) in [6.07, 6.45) is -1.34. The molecule has 0 aromatic heterocycles. The summed E-state index contributed by atoms with van der Waals surface area (Å²) < 4.78 is 5.63. The lowest BCUT2D eigenvalue weighted by Gasteiger charge is -2.09. The molecule has 0 aliphatic rings. The summed E-state index contributed by atoms with van der Waals surface area (Å²) in [4.78, 5) is 10.6. The summed E-state index contributed by atoms with van der Waals surface area (Å²) in [5.74, 6) is 0.0918. The van der Waals surface area contributed by atoms with Gasteiger partial charge in [-0.25, -0.2) is 4.79 Å². The van der Waals surface area contributed by atoms with Crippen LogP contribution in [0.4, 0.5) is 0 Å². The average Bonchev–Trinajstić information content (AvgIpc) is 2.40. The number of aliphatic hydroxyl groups excluding tert-OH is 1. The molecule has 4 heteroatoms. The van der Waals surface area contributed by atoms with E-state index in [4.69, 9.17) is 9.84 Å². The zero-order valence-corrected chi connectivity index (χ0v) is 10.2. The minimum Gasteiger partial charge on any atom is -0.479 e. The normalized spacial score (nSPS) is 11.8. The number of rotatable bonds is 5. The highest BCUT2D eigenvalue weighted by molar-refractivity contribution is 5.72. The number of benzene rings is 2. The molecule has 0 saturated heterocycles. The first-order valence-electron chi connectivity index (χ1n) is 5.88. The molecule has 1 unspecified atom stereocenters. The molecule has 98 valence electrons. The summed E-state index contributed by atoms with van der Waals surface area (Å²) in [5.41, 5.74) is 0.711. The van der Waals surface area contributed by atoms with Crippen molar-refractivity contribution in [3.63, 3.8) is 0 Å². The van der Waals surface area contributed by atoms with Crippen molar-refractivity contribution in [2.75, 3.05) is 0 Å². The van der Waals surface area contributed by atoms with Gasteiger partial charge in [-0.15, -0.1) is 0 Å². The lowest BCUT2D eigenvalue weighted by atomic mass is 10.1. The van der Waals surface area contributed by atoms with Gasteiger partial charge in [-0.1, -0.05) is 30.3 Å². The lowest BCUT2D eigenvalue weighted by Crippen LogP contribution is -2.21. The first-order chi connectivity index (χ1) is 9.15. The van der Waals surface area contributed by atoms with Crippen LogP contribution in [0.5, 0.6) is 11.5 Å². The zero-order valence-electron chi connectivity index (χ0n) is 10.2. The zero-order chi connectivity index (χ0) is 13.7. The van der Waals surface area contributed by atoms with Crippen LogP contribution in [0.3, 0.4) is 0 Å². The lowest BCUT2D eigenvalue weighted by molar-refractivity contribution is -0.146. The van der Waals surface area contributed by atoms with E-state index in [1.54, 1.807) is 24.3 Å². The number of carboxylic acid groups (broad SMARTS) is 1. The Morgan fingerprint density at radius 1 is 1.05 bits per heavy atom. The van der Waals surface area contributed by atoms with Gasteiger partial charge in [0.15, 0.2) is 6.10 Å². The second kappa shape index (κ2) is 6.02. The predicted molar refractivity (Wildman–Crippen MR) is 70.3 cm³/mol. The molecule has 0 spiro atoms. The Morgan fingerprint density at radius 2 is 1.74 bits per heavy atom. The van der Waals surface area contributed by atoms with E-state index in [-0.39, 0.29) is 6.42 Å². The van der Waals surface area contributed by atoms with Gasteiger partial charge < -0.3 is 14.9 Å². The fraction of sp³-hybridized carbons (Fsp3) is 0.133. The van der Waals surface area contributed by atoms with Gasteiger partial charge in [0.25, 0.3) is 0 Å². The molecule has 0 saturated carbocycles. The largest absolute Gasteiger partial charge is 0.479 e. The second-order valence-electron chi connectivity index (χ2n) is 4.12. The monoisotopic (exact) mass is 258 g/mol. The molecule has 2 N–H and O–H groups in total. The molecule has 0 fully saturated rings. The van der Waals surface area contributed by atoms with E-state index in [9.17, 15) is 9.90 Å².